The van der Waals surface area contributed by atoms with Gasteiger partial charge in [-0.2, -0.15) is 16.4 Å². The topological polar surface area (TPSA) is 52.0 Å². The fourth-order valence-corrected chi connectivity index (χ4v) is 1.02. The van der Waals surface area contributed by atoms with Crippen LogP contribution in [0.3, 0.4) is 0 Å². The van der Waals surface area contributed by atoms with Crippen LogP contribution in [0.15, 0.2) is 0 Å². The Labute approximate surface area is 69.9 Å². The van der Waals surface area contributed by atoms with Gasteiger partial charge in [0.15, 0.2) is 0 Å². The van der Waals surface area contributed by atoms with Crippen molar-refractivity contribution in [2.75, 3.05) is 13.1 Å². The number of hydrogen-bond donors (Lipinski definition) is 2. The number of quaternary nitrogens is 1. The van der Waals surface area contributed by atoms with Gasteiger partial charge in [0.25, 0.3) is 0 Å². The first-order chi connectivity index (χ1) is 5.12. The Balaban J connectivity index is 3.43. The Kier molecular flexibility index (Phi) is 5.46. The smallest absolute Gasteiger partial charge is 0.114 e. The predicted octanol–water partition coefficient (Wildman–Crippen LogP) is 1.15. The molecule has 3 nitrogen and oxygen atoms in total. The van der Waals surface area contributed by atoms with Crippen LogP contribution in [0.25, 0.3) is 0 Å². The zero-order valence-corrected chi connectivity index (χ0v) is 7.84. The number of nitrogens with two attached hydrogens (primary N) is 2. The van der Waals surface area contributed by atoms with E-state index in [2.05, 4.69) is 13.8 Å². The van der Waals surface area contributed by atoms with Crippen LogP contribution in [0.5, 0.6) is 0 Å². The molecule has 4 N–H and O–H groups in total. The van der Waals surface area contributed by atoms with Gasteiger partial charge in [-0.3, -0.25) is 0 Å². The third kappa shape index (κ3) is 6.28. The molecule has 0 aromatic heterocycles. The molecule has 0 saturated carbocycles. The molecule has 0 aliphatic rings. The van der Waals surface area contributed by atoms with Crippen LogP contribution in [0, 0.1) is 0 Å². The SMILES string of the molecule is CCCC[N+](N)(N)CCCC. The minimum absolute atomic E-state index is 0.210. The van der Waals surface area contributed by atoms with Crippen LogP contribution in [0.2, 0.25) is 0 Å². The lowest BCUT2D eigenvalue weighted by Gasteiger charge is -2.25. The first-order valence-electron chi connectivity index (χ1n) is 4.56. The summed E-state index contributed by atoms with van der Waals surface area (Å²) in [5, 5.41) is 0. The van der Waals surface area contributed by atoms with Crippen LogP contribution >= 0.6 is 0 Å². The van der Waals surface area contributed by atoms with Crippen molar-refractivity contribution in [3.05, 3.63) is 0 Å². The maximum Gasteiger partial charge on any atom is 0.114 e. The van der Waals surface area contributed by atoms with Crippen molar-refractivity contribution >= 4 is 0 Å². The summed E-state index contributed by atoms with van der Waals surface area (Å²) in [5.41, 5.74) is 0. The Morgan fingerprint density at radius 1 is 0.909 bits per heavy atom. The van der Waals surface area contributed by atoms with Crippen molar-refractivity contribution in [2.24, 2.45) is 11.7 Å². The summed E-state index contributed by atoms with van der Waals surface area (Å²) >= 11 is 0. The lowest BCUT2D eigenvalue weighted by molar-refractivity contribution is -0.951. The molecule has 0 fully saturated rings. The minimum Gasteiger partial charge on any atom is -0.176 e. The first-order valence-corrected chi connectivity index (χ1v) is 4.56. The van der Waals surface area contributed by atoms with Crippen molar-refractivity contribution in [3.63, 3.8) is 0 Å². The van der Waals surface area contributed by atoms with Gasteiger partial charge in [-0.15, -0.1) is 0 Å². The molecule has 0 rings (SSSR count). The predicted molar refractivity (Wildman–Crippen MR) is 48.2 cm³/mol. The molecule has 0 heterocycles. The van der Waals surface area contributed by atoms with Gasteiger partial charge in [-0.1, -0.05) is 26.7 Å². The van der Waals surface area contributed by atoms with Gasteiger partial charge in [-0.05, 0) is 12.8 Å². The van der Waals surface area contributed by atoms with E-state index in [0.717, 1.165) is 25.9 Å². The zero-order chi connectivity index (χ0) is 8.74. The third-order valence-electron chi connectivity index (χ3n) is 1.86. The normalized spacial score (nSPS) is 12.0. The van der Waals surface area contributed by atoms with Crippen molar-refractivity contribution in [1.29, 1.82) is 0 Å². The summed E-state index contributed by atoms with van der Waals surface area (Å²) in [6.07, 6.45) is 4.58. The summed E-state index contributed by atoms with van der Waals surface area (Å²) in [4.78, 5) is 0. The molecule has 0 aliphatic heterocycles. The molecule has 0 aliphatic carbocycles. The van der Waals surface area contributed by atoms with E-state index in [0.29, 0.717) is 0 Å². The van der Waals surface area contributed by atoms with Crippen LogP contribution in [-0.4, -0.2) is 17.8 Å². The summed E-state index contributed by atoms with van der Waals surface area (Å²) in [6.45, 7) is 6.10. The molecule has 0 bridgehead atoms. The third-order valence-corrected chi connectivity index (χ3v) is 1.86. The van der Waals surface area contributed by atoms with Crippen LogP contribution in [-0.2, 0) is 0 Å². The highest BCUT2D eigenvalue weighted by molar-refractivity contribution is 4.34. The highest BCUT2D eigenvalue weighted by Crippen LogP contribution is 1.98. The molecular weight excluding hydrogens is 138 g/mol. The van der Waals surface area contributed by atoms with E-state index < -0.39 is 0 Å². The van der Waals surface area contributed by atoms with Gasteiger partial charge < -0.3 is 0 Å². The fourth-order valence-electron chi connectivity index (χ4n) is 1.02. The number of hydrogen-bond acceptors (Lipinski definition) is 2. The van der Waals surface area contributed by atoms with Gasteiger partial charge >= 0.3 is 0 Å². The largest absolute Gasteiger partial charge is 0.176 e. The molecule has 0 atom stereocenters. The van der Waals surface area contributed by atoms with E-state index in [1.165, 1.54) is 12.8 Å². The van der Waals surface area contributed by atoms with Crippen LogP contribution in [0.1, 0.15) is 39.5 Å². The van der Waals surface area contributed by atoms with Gasteiger partial charge in [-0.25, -0.2) is 0 Å². The van der Waals surface area contributed by atoms with Gasteiger partial charge in [0.1, 0.15) is 13.1 Å². The van der Waals surface area contributed by atoms with Gasteiger partial charge in [0.05, 0.1) is 0 Å². The molecule has 0 unspecified atom stereocenters. The first kappa shape index (κ1) is 10.9. The summed E-state index contributed by atoms with van der Waals surface area (Å²) in [7, 11) is 0. The second-order valence-electron chi connectivity index (χ2n) is 3.26. The molecule has 68 valence electrons. The molecule has 11 heavy (non-hydrogen) atoms. The van der Waals surface area contributed by atoms with E-state index in [4.69, 9.17) is 11.7 Å². The number of nitrogens with zero attached hydrogens (tertiary/aromatic N) is 1. The van der Waals surface area contributed by atoms with E-state index >= 15 is 0 Å². The van der Waals surface area contributed by atoms with Crippen molar-refractivity contribution in [2.45, 2.75) is 39.5 Å². The molecule has 3 heteroatoms. The van der Waals surface area contributed by atoms with Crippen LogP contribution < -0.4 is 11.7 Å². The maximum atomic E-state index is 5.80. The Bertz CT molecular complexity index is 81.3. The maximum absolute atomic E-state index is 5.80. The molecule has 0 aromatic rings. The fraction of sp³-hybridized carbons (Fsp3) is 1.00. The molecule has 0 radical (unpaired) electrons. The average molecular weight is 160 g/mol. The van der Waals surface area contributed by atoms with Gasteiger partial charge in [0, 0.05) is 0 Å². The molecule has 0 spiro atoms. The van der Waals surface area contributed by atoms with E-state index in [9.17, 15) is 0 Å². The highest BCUT2D eigenvalue weighted by Gasteiger charge is 2.14. The number of rotatable bonds is 6. The van der Waals surface area contributed by atoms with Crippen LogP contribution in [0.4, 0.5) is 0 Å². The van der Waals surface area contributed by atoms with Crippen molar-refractivity contribution in [3.8, 4) is 0 Å². The Morgan fingerprint density at radius 2 is 1.27 bits per heavy atom. The quantitative estimate of drug-likeness (QED) is 0.348. The van der Waals surface area contributed by atoms with E-state index in [-0.39, 0.29) is 4.70 Å². The number of unbranched alkanes of at least 4 members (excludes halogenated alkanes) is 2. The summed E-state index contributed by atoms with van der Waals surface area (Å²) in [6, 6.07) is 0. The van der Waals surface area contributed by atoms with E-state index in [1.54, 1.807) is 0 Å². The summed E-state index contributed by atoms with van der Waals surface area (Å²) in [5.74, 6) is 11.6. The molecular formula is C8H22N3+. The average Bonchev–Trinajstić information content (AvgIpc) is 1.97. The minimum atomic E-state index is 0.210. The van der Waals surface area contributed by atoms with Crippen molar-refractivity contribution in [1.82, 2.24) is 0 Å². The highest BCUT2D eigenvalue weighted by atomic mass is 15.7. The lowest BCUT2D eigenvalue weighted by atomic mass is 10.3. The molecule has 0 aromatic carbocycles. The summed E-state index contributed by atoms with van der Waals surface area (Å²) < 4.78 is 0.210. The lowest BCUT2D eigenvalue weighted by Crippen LogP contribution is -2.61. The molecule has 0 amide bonds. The zero-order valence-electron chi connectivity index (χ0n) is 7.84. The second-order valence-corrected chi connectivity index (χ2v) is 3.26. The van der Waals surface area contributed by atoms with Gasteiger partial charge in [0.2, 0.25) is 0 Å². The molecule has 0 saturated heterocycles. The second kappa shape index (κ2) is 5.52. The monoisotopic (exact) mass is 160 g/mol. The van der Waals surface area contributed by atoms with Crippen molar-refractivity contribution < 1.29 is 4.70 Å². The Hall–Kier alpha value is -0.120. The standard InChI is InChI=1S/C8H22N3/c1-3-5-7-11(9,10)8-6-4-2/h3-10H2,1-2H3/q+1. The van der Waals surface area contributed by atoms with E-state index in [1.807, 2.05) is 0 Å². The Morgan fingerprint density at radius 3 is 1.55 bits per heavy atom.